The van der Waals surface area contributed by atoms with Gasteiger partial charge in [0.1, 0.15) is 0 Å². The van der Waals surface area contributed by atoms with Crippen LogP contribution in [0.1, 0.15) is 22.3 Å². The van der Waals surface area contributed by atoms with E-state index < -0.39 is 11.7 Å². The minimum Gasteiger partial charge on any atom is -0.368 e. The van der Waals surface area contributed by atoms with Crippen molar-refractivity contribution in [1.82, 2.24) is 9.97 Å². The molecular weight excluding hydrogens is 381 g/mol. The second-order valence-corrected chi connectivity index (χ2v) is 6.08. The number of nitrogens with one attached hydrogen (secondary N) is 1. The van der Waals surface area contributed by atoms with Crippen LogP contribution in [0.25, 0.3) is 0 Å². The van der Waals surface area contributed by atoms with Crippen LogP contribution in [0, 0.1) is 11.8 Å². The first-order valence-electron chi connectivity index (χ1n) is 8.45. The Morgan fingerprint density at radius 1 is 1.00 bits per heavy atom. The summed E-state index contributed by atoms with van der Waals surface area (Å²) in [5, 5.41) is 2.71. The molecule has 146 valence electrons. The van der Waals surface area contributed by atoms with Crippen molar-refractivity contribution >= 4 is 17.5 Å². The topological polar surface area (TPSA) is 80.9 Å². The largest absolute Gasteiger partial charge is 0.416 e. The number of hydrogen-bond donors (Lipinski definition) is 2. The molecule has 2 aromatic carbocycles. The highest BCUT2D eigenvalue weighted by Crippen LogP contribution is 2.29. The number of anilines is 2. The zero-order valence-electron chi connectivity index (χ0n) is 15.0. The van der Waals surface area contributed by atoms with Gasteiger partial charge in [-0.25, -0.2) is 9.97 Å². The number of carbonyl (C=O) groups excluding carboxylic acids is 1. The van der Waals surface area contributed by atoms with Crippen molar-refractivity contribution in [2.75, 3.05) is 11.1 Å². The van der Waals surface area contributed by atoms with Crippen molar-refractivity contribution in [2.45, 2.75) is 12.6 Å². The van der Waals surface area contributed by atoms with Gasteiger partial charge in [-0.15, -0.1) is 0 Å². The molecule has 8 heteroatoms. The maximum atomic E-state index is 12.6. The minimum absolute atomic E-state index is 0.0448. The van der Waals surface area contributed by atoms with Crippen molar-refractivity contribution in [2.24, 2.45) is 0 Å². The average molecular weight is 396 g/mol. The fourth-order valence-electron chi connectivity index (χ4n) is 2.42. The first kappa shape index (κ1) is 19.9. The molecule has 0 aliphatic rings. The van der Waals surface area contributed by atoms with E-state index in [-0.39, 0.29) is 18.3 Å². The summed E-state index contributed by atoms with van der Waals surface area (Å²) < 4.78 is 37.8. The minimum atomic E-state index is -4.40. The second kappa shape index (κ2) is 8.44. The van der Waals surface area contributed by atoms with Crippen LogP contribution in [0.4, 0.5) is 24.8 Å². The Morgan fingerprint density at radius 2 is 1.66 bits per heavy atom. The highest BCUT2D eigenvalue weighted by molar-refractivity contribution is 5.92. The zero-order valence-corrected chi connectivity index (χ0v) is 15.0. The molecule has 0 saturated carbocycles. The molecular formula is C21H15F3N4O. The van der Waals surface area contributed by atoms with Gasteiger partial charge in [-0.3, -0.25) is 4.79 Å². The quantitative estimate of drug-likeness (QED) is 0.662. The van der Waals surface area contributed by atoms with E-state index in [9.17, 15) is 18.0 Å². The molecule has 1 amide bonds. The van der Waals surface area contributed by atoms with E-state index in [1.54, 1.807) is 24.3 Å². The smallest absolute Gasteiger partial charge is 0.368 e. The molecule has 0 atom stereocenters. The highest BCUT2D eigenvalue weighted by atomic mass is 19.4. The first-order valence-corrected chi connectivity index (χ1v) is 8.45. The van der Waals surface area contributed by atoms with Gasteiger partial charge in [0.25, 0.3) is 0 Å². The lowest BCUT2D eigenvalue weighted by atomic mass is 10.1. The predicted octanol–water partition coefficient (Wildman–Crippen LogP) is 3.66. The van der Waals surface area contributed by atoms with Crippen LogP contribution in [-0.4, -0.2) is 15.9 Å². The number of nitrogens with two attached hydrogens (primary N) is 1. The summed E-state index contributed by atoms with van der Waals surface area (Å²) in [5.74, 6) is 5.64. The zero-order chi connectivity index (χ0) is 20.9. The average Bonchev–Trinajstić information content (AvgIpc) is 2.67. The molecule has 0 aliphatic carbocycles. The molecule has 0 radical (unpaired) electrons. The van der Waals surface area contributed by atoms with Crippen LogP contribution in [0.3, 0.4) is 0 Å². The van der Waals surface area contributed by atoms with E-state index in [2.05, 4.69) is 27.1 Å². The van der Waals surface area contributed by atoms with Crippen LogP contribution in [-0.2, 0) is 17.4 Å². The van der Waals surface area contributed by atoms with E-state index in [0.717, 1.165) is 12.1 Å². The molecule has 29 heavy (non-hydrogen) atoms. The predicted molar refractivity (Wildman–Crippen MR) is 103 cm³/mol. The van der Waals surface area contributed by atoms with E-state index in [4.69, 9.17) is 5.73 Å². The lowest BCUT2D eigenvalue weighted by Crippen LogP contribution is -2.14. The van der Waals surface area contributed by atoms with Crippen molar-refractivity contribution in [1.29, 1.82) is 0 Å². The fraction of sp³-hybridized carbons (Fsp3) is 0.0952. The van der Waals surface area contributed by atoms with E-state index >= 15 is 0 Å². The van der Waals surface area contributed by atoms with Crippen LogP contribution < -0.4 is 11.1 Å². The number of amides is 1. The summed E-state index contributed by atoms with van der Waals surface area (Å²) in [5.41, 5.74) is 6.94. The molecule has 1 aromatic heterocycles. The van der Waals surface area contributed by atoms with Gasteiger partial charge in [-0.05, 0) is 35.9 Å². The molecule has 0 aliphatic heterocycles. The number of hydrogen-bond acceptors (Lipinski definition) is 4. The number of alkyl halides is 3. The van der Waals surface area contributed by atoms with Crippen molar-refractivity contribution in [3.63, 3.8) is 0 Å². The van der Waals surface area contributed by atoms with Gasteiger partial charge in [-0.1, -0.05) is 30.0 Å². The summed E-state index contributed by atoms with van der Waals surface area (Å²) in [7, 11) is 0. The number of rotatable bonds is 3. The molecule has 0 saturated heterocycles. The van der Waals surface area contributed by atoms with Gasteiger partial charge >= 0.3 is 6.18 Å². The number of benzene rings is 2. The first-order chi connectivity index (χ1) is 13.8. The van der Waals surface area contributed by atoms with Crippen molar-refractivity contribution in [3.8, 4) is 11.8 Å². The maximum Gasteiger partial charge on any atom is 0.416 e. The summed E-state index contributed by atoms with van der Waals surface area (Å²) in [6.45, 7) is 0. The maximum absolute atomic E-state index is 12.6. The van der Waals surface area contributed by atoms with Gasteiger partial charge < -0.3 is 11.1 Å². The van der Waals surface area contributed by atoms with Crippen LogP contribution in [0.2, 0.25) is 0 Å². The Bertz CT molecular complexity index is 1070. The van der Waals surface area contributed by atoms with Gasteiger partial charge in [-0.2, -0.15) is 13.2 Å². The van der Waals surface area contributed by atoms with E-state index in [1.165, 1.54) is 24.5 Å². The Hall–Kier alpha value is -3.86. The van der Waals surface area contributed by atoms with Crippen molar-refractivity contribution < 1.29 is 18.0 Å². The molecule has 1 heterocycles. The monoisotopic (exact) mass is 396 g/mol. The molecule has 0 bridgehead atoms. The molecule has 3 rings (SSSR count). The third kappa shape index (κ3) is 5.81. The normalized spacial score (nSPS) is 10.7. The number of halogens is 3. The summed E-state index contributed by atoms with van der Waals surface area (Å²) in [6.07, 6.45) is -1.44. The SMILES string of the molecule is Nc1ncc(C#Cc2cccc(NC(=O)Cc3ccc(C(F)(F)F)cc3)c2)cn1. The van der Waals surface area contributed by atoms with Crippen molar-refractivity contribution in [3.05, 3.63) is 83.2 Å². The lowest BCUT2D eigenvalue weighted by molar-refractivity contribution is -0.137. The summed E-state index contributed by atoms with van der Waals surface area (Å²) >= 11 is 0. The highest BCUT2D eigenvalue weighted by Gasteiger charge is 2.29. The summed E-state index contributed by atoms with van der Waals surface area (Å²) in [6, 6.07) is 11.4. The molecule has 0 spiro atoms. The molecule has 0 unspecified atom stereocenters. The summed E-state index contributed by atoms with van der Waals surface area (Å²) in [4.78, 5) is 19.9. The van der Waals surface area contributed by atoms with Crippen LogP contribution in [0.5, 0.6) is 0 Å². The van der Waals surface area contributed by atoms with Gasteiger partial charge in [0.2, 0.25) is 11.9 Å². The van der Waals surface area contributed by atoms with Gasteiger partial charge in [0, 0.05) is 23.6 Å². The Kier molecular flexibility index (Phi) is 5.79. The Balaban J connectivity index is 1.64. The number of carbonyl (C=O) groups is 1. The number of aromatic nitrogens is 2. The van der Waals surface area contributed by atoms with Crippen LogP contribution in [0.15, 0.2) is 60.9 Å². The Morgan fingerprint density at radius 3 is 2.31 bits per heavy atom. The third-order valence-electron chi connectivity index (χ3n) is 3.82. The van der Waals surface area contributed by atoms with Gasteiger partial charge in [0.15, 0.2) is 0 Å². The van der Waals surface area contributed by atoms with E-state index in [0.29, 0.717) is 22.4 Å². The van der Waals surface area contributed by atoms with E-state index in [1.807, 2.05) is 0 Å². The standard InChI is InChI=1S/C21H15F3N4O/c22-21(23,24)17-8-6-15(7-9-17)11-19(29)28-18-3-1-2-14(10-18)4-5-16-12-26-20(25)27-13-16/h1-3,6-10,12-13H,11H2,(H,28,29)(H2,25,26,27). The third-order valence-corrected chi connectivity index (χ3v) is 3.82. The lowest BCUT2D eigenvalue weighted by Gasteiger charge is -2.08. The number of nitrogen functional groups attached to an aromatic ring is 1. The molecule has 3 aromatic rings. The molecule has 3 N–H and O–H groups in total. The van der Waals surface area contributed by atoms with Crippen LogP contribution >= 0.6 is 0 Å². The van der Waals surface area contributed by atoms with Gasteiger partial charge in [0.05, 0.1) is 17.5 Å². The second-order valence-electron chi connectivity index (χ2n) is 6.08. The number of nitrogens with zero attached hydrogens (tertiary/aromatic N) is 2. The molecule has 5 nitrogen and oxygen atoms in total. The fourth-order valence-corrected chi connectivity index (χ4v) is 2.42. The molecule has 0 fully saturated rings. The Labute approximate surface area is 164 Å².